The lowest BCUT2D eigenvalue weighted by Gasteiger charge is -2.22. The molecule has 1 aliphatic rings. The summed E-state index contributed by atoms with van der Waals surface area (Å²) in [5.74, 6) is -0.385. The minimum absolute atomic E-state index is 0.104. The van der Waals surface area contributed by atoms with Crippen LogP contribution in [-0.4, -0.2) is 21.8 Å². The highest BCUT2D eigenvalue weighted by Crippen LogP contribution is 2.32. The molecule has 6 heteroatoms. The van der Waals surface area contributed by atoms with Crippen LogP contribution in [0.15, 0.2) is 24.3 Å². The molecule has 0 aliphatic heterocycles. The first-order valence-corrected chi connectivity index (χ1v) is 7.65. The van der Waals surface area contributed by atoms with Gasteiger partial charge in [-0.25, -0.2) is 9.37 Å². The fourth-order valence-electron chi connectivity index (χ4n) is 2.31. The number of carbonyl (C=O) groups excluding carboxylic acids is 1. The van der Waals surface area contributed by atoms with Crippen LogP contribution >= 0.6 is 11.3 Å². The fraction of sp³-hybridized carbons (Fsp3) is 0.333. The molecule has 2 N–H and O–H groups in total. The summed E-state index contributed by atoms with van der Waals surface area (Å²) in [6.07, 6.45) is 1.93. The summed E-state index contributed by atoms with van der Waals surface area (Å²) >= 11 is 1.19. The molecule has 3 rings (SSSR count). The molecule has 21 heavy (non-hydrogen) atoms. The van der Waals surface area contributed by atoms with Crippen LogP contribution in [0.25, 0.3) is 0 Å². The molecule has 1 aromatic carbocycles. The van der Waals surface area contributed by atoms with Gasteiger partial charge in [-0.2, -0.15) is 0 Å². The van der Waals surface area contributed by atoms with E-state index in [-0.39, 0.29) is 24.3 Å². The van der Waals surface area contributed by atoms with Gasteiger partial charge in [-0.1, -0.05) is 29.5 Å². The third-order valence-electron chi connectivity index (χ3n) is 3.55. The van der Waals surface area contributed by atoms with Gasteiger partial charge in [0.05, 0.1) is 5.69 Å². The highest BCUT2D eigenvalue weighted by atomic mass is 32.1. The van der Waals surface area contributed by atoms with E-state index in [1.807, 2.05) is 0 Å². The quantitative estimate of drug-likeness (QED) is 0.944. The zero-order valence-corrected chi connectivity index (χ0v) is 12.5. The largest absolute Gasteiger partial charge is 0.375 e. The van der Waals surface area contributed by atoms with Crippen LogP contribution in [-0.2, 0) is 6.54 Å². The normalized spacial score (nSPS) is 14.2. The first-order valence-electron chi connectivity index (χ1n) is 6.83. The van der Waals surface area contributed by atoms with Crippen molar-refractivity contribution in [3.8, 4) is 0 Å². The highest BCUT2D eigenvalue weighted by molar-refractivity contribution is 7.17. The number of anilines is 1. The van der Waals surface area contributed by atoms with Gasteiger partial charge in [0.2, 0.25) is 0 Å². The van der Waals surface area contributed by atoms with E-state index in [9.17, 15) is 9.18 Å². The number of hydrogen-bond donors (Lipinski definition) is 1. The third-order valence-corrected chi connectivity index (χ3v) is 4.53. The van der Waals surface area contributed by atoms with Crippen molar-refractivity contribution >= 4 is 22.4 Å². The van der Waals surface area contributed by atoms with Crippen LogP contribution in [0, 0.1) is 12.7 Å². The Hall–Kier alpha value is -1.95. The molecule has 0 radical (unpaired) electrons. The molecule has 2 aromatic rings. The van der Waals surface area contributed by atoms with E-state index in [4.69, 9.17) is 5.73 Å². The number of aromatic nitrogens is 1. The van der Waals surface area contributed by atoms with Crippen LogP contribution in [0.2, 0.25) is 0 Å². The molecule has 0 bridgehead atoms. The number of nitrogens with zero attached hydrogens (tertiary/aromatic N) is 2. The van der Waals surface area contributed by atoms with Gasteiger partial charge in [-0.3, -0.25) is 4.79 Å². The van der Waals surface area contributed by atoms with Crippen LogP contribution < -0.4 is 5.73 Å². The van der Waals surface area contributed by atoms with Crippen LogP contribution in [0.4, 0.5) is 9.52 Å². The van der Waals surface area contributed by atoms with E-state index < -0.39 is 0 Å². The number of nitrogens with two attached hydrogens (primary N) is 1. The molecule has 0 unspecified atom stereocenters. The van der Waals surface area contributed by atoms with Crippen LogP contribution in [0.3, 0.4) is 0 Å². The van der Waals surface area contributed by atoms with Crippen molar-refractivity contribution in [3.05, 3.63) is 46.2 Å². The van der Waals surface area contributed by atoms with Crippen molar-refractivity contribution < 1.29 is 9.18 Å². The van der Waals surface area contributed by atoms with Crippen molar-refractivity contribution in [2.45, 2.75) is 32.4 Å². The molecule has 4 nitrogen and oxygen atoms in total. The number of carbonyl (C=O) groups is 1. The number of nitrogen functional groups attached to an aromatic ring is 1. The number of thiazole rings is 1. The summed E-state index contributed by atoms with van der Waals surface area (Å²) in [5, 5.41) is 0.387. The molecule has 1 saturated carbocycles. The maximum absolute atomic E-state index is 13.8. The first-order chi connectivity index (χ1) is 10.1. The first kappa shape index (κ1) is 14.0. The molecule has 0 spiro atoms. The van der Waals surface area contributed by atoms with Gasteiger partial charge in [0.15, 0.2) is 5.13 Å². The molecule has 1 aromatic heterocycles. The Labute approximate surface area is 126 Å². The Morgan fingerprint density at radius 1 is 1.48 bits per heavy atom. The number of benzene rings is 1. The molecular weight excluding hydrogens is 289 g/mol. The third kappa shape index (κ3) is 2.90. The fourth-order valence-corrected chi connectivity index (χ4v) is 3.10. The smallest absolute Gasteiger partial charge is 0.266 e. The number of amides is 1. The number of hydrogen-bond acceptors (Lipinski definition) is 4. The lowest BCUT2D eigenvalue weighted by molar-refractivity contribution is 0.0732. The Morgan fingerprint density at radius 2 is 2.19 bits per heavy atom. The Kier molecular flexibility index (Phi) is 3.63. The van der Waals surface area contributed by atoms with E-state index in [0.29, 0.717) is 21.3 Å². The molecule has 1 aliphatic carbocycles. The van der Waals surface area contributed by atoms with Gasteiger partial charge in [0, 0.05) is 18.2 Å². The summed E-state index contributed by atoms with van der Waals surface area (Å²) in [4.78, 5) is 19.1. The Morgan fingerprint density at radius 3 is 2.76 bits per heavy atom. The molecular formula is C15H16FN3OS. The van der Waals surface area contributed by atoms with Crippen molar-refractivity contribution in [2.75, 3.05) is 5.73 Å². The molecule has 1 heterocycles. The summed E-state index contributed by atoms with van der Waals surface area (Å²) in [6, 6.07) is 6.76. The topological polar surface area (TPSA) is 59.2 Å². The highest BCUT2D eigenvalue weighted by Gasteiger charge is 2.34. The van der Waals surface area contributed by atoms with Gasteiger partial charge < -0.3 is 10.6 Å². The number of aryl methyl sites for hydroxylation is 1. The van der Waals surface area contributed by atoms with E-state index >= 15 is 0 Å². The summed E-state index contributed by atoms with van der Waals surface area (Å²) < 4.78 is 13.8. The predicted molar refractivity (Wildman–Crippen MR) is 80.6 cm³/mol. The molecule has 0 saturated heterocycles. The van der Waals surface area contributed by atoms with Gasteiger partial charge in [0.1, 0.15) is 10.7 Å². The van der Waals surface area contributed by atoms with Crippen molar-refractivity contribution in [1.29, 1.82) is 0 Å². The number of halogens is 1. The maximum Gasteiger partial charge on any atom is 0.266 e. The average Bonchev–Trinajstić information content (AvgIpc) is 3.22. The second kappa shape index (κ2) is 5.44. The Balaban J connectivity index is 1.87. The minimum Gasteiger partial charge on any atom is -0.375 e. The predicted octanol–water partition coefficient (Wildman–Crippen LogP) is 2.98. The van der Waals surface area contributed by atoms with Crippen molar-refractivity contribution in [3.63, 3.8) is 0 Å². The second-order valence-electron chi connectivity index (χ2n) is 5.22. The molecule has 1 amide bonds. The lowest BCUT2D eigenvalue weighted by Crippen LogP contribution is -2.32. The summed E-state index contributed by atoms with van der Waals surface area (Å²) in [5.41, 5.74) is 6.84. The van der Waals surface area contributed by atoms with Gasteiger partial charge in [-0.05, 0) is 25.8 Å². The second-order valence-corrected chi connectivity index (χ2v) is 6.25. The standard InChI is InChI=1S/C15H16FN3OS/c1-9-13(21-15(17)18-9)14(20)19(11-6-7-11)8-10-4-2-3-5-12(10)16/h2-5,11H,6-8H2,1H3,(H2,17,18). The minimum atomic E-state index is -0.281. The van der Waals surface area contributed by atoms with Crippen LogP contribution in [0.1, 0.15) is 33.8 Å². The van der Waals surface area contributed by atoms with E-state index in [2.05, 4.69) is 4.98 Å². The molecule has 110 valence electrons. The Bertz CT molecular complexity index is 681. The SMILES string of the molecule is Cc1nc(N)sc1C(=O)N(Cc1ccccc1F)C1CC1. The van der Waals surface area contributed by atoms with Crippen molar-refractivity contribution in [2.24, 2.45) is 0 Å². The van der Waals surface area contributed by atoms with E-state index in [1.54, 1.807) is 30.0 Å². The lowest BCUT2D eigenvalue weighted by atomic mass is 10.2. The van der Waals surface area contributed by atoms with E-state index in [1.165, 1.54) is 17.4 Å². The van der Waals surface area contributed by atoms with Crippen LogP contribution in [0.5, 0.6) is 0 Å². The van der Waals surface area contributed by atoms with Gasteiger partial charge in [-0.15, -0.1) is 0 Å². The summed E-state index contributed by atoms with van der Waals surface area (Å²) in [7, 11) is 0. The average molecular weight is 305 g/mol. The summed E-state index contributed by atoms with van der Waals surface area (Å²) in [6.45, 7) is 2.06. The van der Waals surface area contributed by atoms with Crippen molar-refractivity contribution in [1.82, 2.24) is 9.88 Å². The molecule has 0 atom stereocenters. The monoisotopic (exact) mass is 305 g/mol. The van der Waals surface area contributed by atoms with Gasteiger partial charge in [0.25, 0.3) is 5.91 Å². The van der Waals surface area contributed by atoms with Gasteiger partial charge >= 0.3 is 0 Å². The molecule has 1 fully saturated rings. The zero-order valence-electron chi connectivity index (χ0n) is 11.7. The number of rotatable bonds is 4. The van der Waals surface area contributed by atoms with E-state index in [0.717, 1.165) is 12.8 Å². The zero-order chi connectivity index (χ0) is 15.0. The maximum atomic E-state index is 13.8.